The van der Waals surface area contributed by atoms with Crippen LogP contribution in [0.3, 0.4) is 0 Å². The van der Waals surface area contributed by atoms with Crippen LogP contribution in [0.15, 0.2) is 78.9 Å². The molecule has 8 nitrogen and oxygen atoms in total. The number of fused-ring (bicyclic) bond motifs is 3. The van der Waals surface area contributed by atoms with Crippen molar-refractivity contribution in [2.45, 2.75) is 24.9 Å². The molecule has 3 aliphatic rings. The lowest BCUT2D eigenvalue weighted by Gasteiger charge is -2.50. The zero-order chi connectivity index (χ0) is 26.5. The van der Waals surface area contributed by atoms with Crippen LogP contribution in [0.2, 0.25) is 0 Å². The first-order chi connectivity index (χ1) is 18.5. The van der Waals surface area contributed by atoms with Gasteiger partial charge in [-0.05, 0) is 67.2 Å². The monoisotopic (exact) mass is 513 g/mol. The van der Waals surface area contributed by atoms with Crippen molar-refractivity contribution in [3.05, 3.63) is 95.6 Å². The summed E-state index contributed by atoms with van der Waals surface area (Å²) < 4.78 is 5.80. The third-order valence-electron chi connectivity index (χ3n) is 7.44. The number of nitrogens with one attached hydrogen (secondary N) is 1. The molecule has 3 saturated heterocycles. The second kappa shape index (κ2) is 11.5. The second-order valence-electron chi connectivity index (χ2n) is 9.86. The average molecular weight is 514 g/mol. The molecule has 196 valence electrons. The van der Waals surface area contributed by atoms with Crippen molar-refractivity contribution in [1.29, 1.82) is 0 Å². The maximum Gasteiger partial charge on any atom is 0.408 e. The Morgan fingerprint density at radius 1 is 1.00 bits per heavy atom. The molecule has 3 aromatic rings. The van der Waals surface area contributed by atoms with Crippen LogP contribution in [-0.2, 0) is 4.79 Å². The van der Waals surface area contributed by atoms with Gasteiger partial charge in [0.2, 0.25) is 0 Å². The lowest BCUT2D eigenvalue weighted by Crippen LogP contribution is -2.59. The maximum absolute atomic E-state index is 12.8. The van der Waals surface area contributed by atoms with Gasteiger partial charge in [0, 0.05) is 17.8 Å². The van der Waals surface area contributed by atoms with E-state index < -0.39 is 12.1 Å². The molecule has 3 aromatic carbocycles. The van der Waals surface area contributed by atoms with Gasteiger partial charge >= 0.3 is 6.09 Å². The number of anilines is 1. The molecule has 0 aliphatic carbocycles. The molecule has 0 radical (unpaired) electrons. The number of benzene rings is 3. The normalized spacial score (nSPS) is 20.8. The van der Waals surface area contributed by atoms with E-state index in [4.69, 9.17) is 4.74 Å². The Hall–Kier alpha value is -4.17. The molecule has 6 rings (SSSR count). The number of aldehydes is 1. The van der Waals surface area contributed by atoms with E-state index in [1.807, 2.05) is 48.5 Å². The summed E-state index contributed by atoms with van der Waals surface area (Å²) >= 11 is 0. The van der Waals surface area contributed by atoms with Gasteiger partial charge in [-0.2, -0.15) is 0 Å². The second-order valence-corrected chi connectivity index (χ2v) is 9.86. The van der Waals surface area contributed by atoms with E-state index in [1.165, 1.54) is 0 Å². The van der Waals surface area contributed by atoms with Crippen molar-refractivity contribution in [3.8, 4) is 5.75 Å². The summed E-state index contributed by atoms with van der Waals surface area (Å²) in [6.45, 7) is 2.56. The standard InChI is InChI=1S/C30H31N3O5/c34-19-21-6-4-10-25(16-21)31-28(35)20-38-26-11-5-9-24(17-26)29(23-7-2-1-3-8-23)33(30(36)37)27-18-32-14-12-22(27)13-15-32/h1-11,16-17,19,22,27,29H,12-15,18,20H2,(H,31,35)(H,36,37)/t27-,29?/m0/s1. The number of carboxylic acid groups (broad SMARTS) is 1. The molecular weight excluding hydrogens is 482 g/mol. The van der Waals surface area contributed by atoms with E-state index in [9.17, 15) is 19.5 Å². The third-order valence-corrected chi connectivity index (χ3v) is 7.44. The first-order valence-electron chi connectivity index (χ1n) is 12.9. The first kappa shape index (κ1) is 25.5. The molecule has 2 N–H and O–H groups in total. The molecule has 2 amide bonds. The number of carbonyl (C=O) groups excluding carboxylic acids is 2. The fraction of sp³-hybridized carbons (Fsp3) is 0.300. The number of piperidine rings is 3. The summed E-state index contributed by atoms with van der Waals surface area (Å²) in [5, 5.41) is 13.2. The van der Waals surface area contributed by atoms with E-state index in [0.717, 1.165) is 49.9 Å². The van der Waals surface area contributed by atoms with E-state index in [0.29, 0.717) is 22.9 Å². The van der Waals surface area contributed by atoms with Crippen molar-refractivity contribution in [3.63, 3.8) is 0 Å². The summed E-state index contributed by atoms with van der Waals surface area (Å²) in [6, 6.07) is 23.0. The predicted molar refractivity (Wildman–Crippen MR) is 143 cm³/mol. The zero-order valence-corrected chi connectivity index (χ0v) is 21.0. The van der Waals surface area contributed by atoms with Crippen molar-refractivity contribution < 1.29 is 24.2 Å². The Morgan fingerprint density at radius 2 is 1.74 bits per heavy atom. The molecule has 1 unspecified atom stereocenters. The highest BCUT2D eigenvalue weighted by Gasteiger charge is 2.43. The van der Waals surface area contributed by atoms with Gasteiger partial charge in [-0.3, -0.25) is 14.5 Å². The van der Waals surface area contributed by atoms with Crippen molar-refractivity contribution in [2.24, 2.45) is 5.92 Å². The van der Waals surface area contributed by atoms with Crippen molar-refractivity contribution >= 4 is 24.0 Å². The van der Waals surface area contributed by atoms with Gasteiger partial charge in [-0.1, -0.05) is 54.6 Å². The highest BCUT2D eigenvalue weighted by Crippen LogP contribution is 2.39. The van der Waals surface area contributed by atoms with Crippen LogP contribution in [0, 0.1) is 5.92 Å². The summed E-state index contributed by atoms with van der Waals surface area (Å²) in [4.78, 5) is 40.2. The van der Waals surface area contributed by atoms with Gasteiger partial charge < -0.3 is 20.1 Å². The highest BCUT2D eigenvalue weighted by molar-refractivity contribution is 5.92. The Bertz CT molecular complexity index is 1290. The Labute approximate surface area is 221 Å². The zero-order valence-electron chi connectivity index (χ0n) is 21.0. The van der Waals surface area contributed by atoms with Crippen LogP contribution in [0.1, 0.15) is 40.4 Å². The minimum absolute atomic E-state index is 0.0994. The van der Waals surface area contributed by atoms with E-state index in [-0.39, 0.29) is 18.6 Å². The molecule has 2 bridgehead atoms. The highest BCUT2D eigenvalue weighted by atomic mass is 16.5. The minimum atomic E-state index is -0.944. The molecule has 3 heterocycles. The Balaban J connectivity index is 1.37. The largest absolute Gasteiger partial charge is 0.484 e. The van der Waals surface area contributed by atoms with Crippen molar-refractivity contribution in [1.82, 2.24) is 9.80 Å². The quantitative estimate of drug-likeness (QED) is 0.403. The van der Waals surface area contributed by atoms with Crippen LogP contribution in [0.5, 0.6) is 5.75 Å². The fourth-order valence-corrected chi connectivity index (χ4v) is 5.65. The summed E-state index contributed by atoms with van der Waals surface area (Å²) in [5.74, 6) is 0.445. The van der Waals surface area contributed by atoms with Crippen LogP contribution < -0.4 is 10.1 Å². The van der Waals surface area contributed by atoms with Gasteiger partial charge in [0.15, 0.2) is 6.61 Å². The summed E-state index contributed by atoms with van der Waals surface area (Å²) in [5.41, 5.74) is 2.65. The number of hydrogen-bond donors (Lipinski definition) is 2. The van der Waals surface area contributed by atoms with E-state index in [1.54, 1.807) is 35.2 Å². The molecular formula is C30H31N3O5. The number of amides is 2. The van der Waals surface area contributed by atoms with Crippen LogP contribution in [0.25, 0.3) is 0 Å². The molecule has 0 aromatic heterocycles. The molecule has 0 spiro atoms. The molecule has 3 fully saturated rings. The Morgan fingerprint density at radius 3 is 2.42 bits per heavy atom. The Kier molecular flexibility index (Phi) is 7.70. The van der Waals surface area contributed by atoms with Gasteiger partial charge in [-0.25, -0.2) is 4.79 Å². The SMILES string of the molecule is O=Cc1cccc(NC(=O)COc2cccc(C(c3ccccc3)N(C(=O)O)[C@H]3CN4CCC3CC4)c2)c1. The smallest absolute Gasteiger partial charge is 0.408 e. The molecule has 38 heavy (non-hydrogen) atoms. The van der Waals surface area contributed by atoms with Gasteiger partial charge in [0.05, 0.1) is 12.1 Å². The predicted octanol–water partition coefficient (Wildman–Crippen LogP) is 4.68. The number of hydrogen-bond acceptors (Lipinski definition) is 5. The fourth-order valence-electron chi connectivity index (χ4n) is 5.65. The van der Waals surface area contributed by atoms with Gasteiger partial charge in [0.1, 0.15) is 12.0 Å². The van der Waals surface area contributed by atoms with E-state index in [2.05, 4.69) is 10.2 Å². The number of ether oxygens (including phenoxy) is 1. The van der Waals surface area contributed by atoms with Crippen LogP contribution in [-0.4, -0.2) is 65.5 Å². The lowest BCUT2D eigenvalue weighted by molar-refractivity contribution is -0.118. The van der Waals surface area contributed by atoms with Gasteiger partial charge in [-0.15, -0.1) is 0 Å². The lowest BCUT2D eigenvalue weighted by atomic mass is 9.81. The molecule has 3 aliphatic heterocycles. The van der Waals surface area contributed by atoms with E-state index >= 15 is 0 Å². The third kappa shape index (κ3) is 5.70. The number of rotatable bonds is 9. The summed E-state index contributed by atoms with van der Waals surface area (Å²) in [6.07, 6.45) is 1.78. The van der Waals surface area contributed by atoms with Crippen LogP contribution >= 0.6 is 0 Å². The molecule has 0 saturated carbocycles. The maximum atomic E-state index is 12.8. The van der Waals surface area contributed by atoms with Crippen LogP contribution in [0.4, 0.5) is 10.5 Å². The number of nitrogens with zero attached hydrogens (tertiary/aromatic N) is 2. The van der Waals surface area contributed by atoms with Gasteiger partial charge in [0.25, 0.3) is 5.91 Å². The average Bonchev–Trinajstić information content (AvgIpc) is 2.96. The minimum Gasteiger partial charge on any atom is -0.484 e. The molecule has 8 heteroatoms. The first-order valence-corrected chi connectivity index (χ1v) is 12.9. The topological polar surface area (TPSA) is 99.2 Å². The summed E-state index contributed by atoms with van der Waals surface area (Å²) in [7, 11) is 0. The number of carbonyl (C=O) groups is 3. The van der Waals surface area contributed by atoms with Crippen molar-refractivity contribution in [2.75, 3.05) is 31.6 Å². The molecule has 2 atom stereocenters.